The van der Waals surface area contributed by atoms with Crippen molar-refractivity contribution in [2.75, 3.05) is 60.0 Å². The Kier molecular flexibility index (Phi) is 15.8. The SMILES string of the molecule is CCCCC(=O)OCCOCCOCCOCCOC. The predicted octanol–water partition coefficient (Wildman–Crippen LogP) is 1.42. The monoisotopic (exact) mass is 292 g/mol. The fourth-order valence-electron chi connectivity index (χ4n) is 1.29. The van der Waals surface area contributed by atoms with E-state index in [2.05, 4.69) is 0 Å². The molecule has 0 radical (unpaired) electrons. The van der Waals surface area contributed by atoms with Crippen LogP contribution in [0.25, 0.3) is 0 Å². The lowest BCUT2D eigenvalue weighted by atomic mass is 10.2. The zero-order valence-corrected chi connectivity index (χ0v) is 12.7. The molecule has 0 unspecified atom stereocenters. The number of hydrogen-bond acceptors (Lipinski definition) is 6. The third kappa shape index (κ3) is 15.4. The van der Waals surface area contributed by atoms with Gasteiger partial charge in [-0.25, -0.2) is 0 Å². The van der Waals surface area contributed by atoms with Crippen LogP contribution in [0.5, 0.6) is 0 Å². The van der Waals surface area contributed by atoms with Gasteiger partial charge in [-0.2, -0.15) is 0 Å². The highest BCUT2D eigenvalue weighted by Crippen LogP contribution is 1.96. The molecule has 0 saturated carbocycles. The van der Waals surface area contributed by atoms with Crippen LogP contribution in [-0.4, -0.2) is 65.9 Å². The minimum atomic E-state index is -0.153. The largest absolute Gasteiger partial charge is 0.463 e. The summed E-state index contributed by atoms with van der Waals surface area (Å²) in [7, 11) is 1.64. The smallest absolute Gasteiger partial charge is 0.305 e. The minimum absolute atomic E-state index is 0.153. The molecule has 6 heteroatoms. The Bertz CT molecular complexity index is 210. The summed E-state index contributed by atoms with van der Waals surface area (Å²) in [6.07, 6.45) is 2.36. The van der Waals surface area contributed by atoms with Crippen LogP contribution in [0.2, 0.25) is 0 Å². The van der Waals surface area contributed by atoms with Gasteiger partial charge in [0.25, 0.3) is 0 Å². The highest BCUT2D eigenvalue weighted by Gasteiger charge is 2.00. The van der Waals surface area contributed by atoms with E-state index in [1.165, 1.54) is 0 Å². The fourth-order valence-corrected chi connectivity index (χ4v) is 1.29. The average Bonchev–Trinajstić information content (AvgIpc) is 2.46. The summed E-state index contributed by atoms with van der Waals surface area (Å²) in [5.41, 5.74) is 0. The average molecular weight is 292 g/mol. The van der Waals surface area contributed by atoms with E-state index in [1.54, 1.807) is 7.11 Å². The Morgan fingerprint density at radius 1 is 0.800 bits per heavy atom. The van der Waals surface area contributed by atoms with Gasteiger partial charge in [0.15, 0.2) is 0 Å². The van der Waals surface area contributed by atoms with Crippen molar-refractivity contribution in [3.05, 3.63) is 0 Å². The predicted molar refractivity (Wildman–Crippen MR) is 74.8 cm³/mol. The molecule has 0 heterocycles. The first-order chi connectivity index (χ1) is 9.81. The molecular weight excluding hydrogens is 264 g/mol. The molecule has 0 atom stereocenters. The van der Waals surface area contributed by atoms with Gasteiger partial charge < -0.3 is 23.7 Å². The molecule has 0 aliphatic carbocycles. The number of unbranched alkanes of at least 4 members (excludes halogenated alkanes) is 1. The van der Waals surface area contributed by atoms with Gasteiger partial charge in [0.05, 0.1) is 46.2 Å². The normalized spacial score (nSPS) is 10.7. The fraction of sp³-hybridized carbons (Fsp3) is 0.929. The summed E-state index contributed by atoms with van der Waals surface area (Å²) in [5, 5.41) is 0. The summed E-state index contributed by atoms with van der Waals surface area (Å²) in [5.74, 6) is -0.153. The molecule has 0 aliphatic heterocycles. The second kappa shape index (κ2) is 16.4. The van der Waals surface area contributed by atoms with Gasteiger partial charge in [-0.1, -0.05) is 13.3 Å². The molecule has 0 spiro atoms. The van der Waals surface area contributed by atoms with E-state index < -0.39 is 0 Å². The zero-order valence-electron chi connectivity index (χ0n) is 12.7. The van der Waals surface area contributed by atoms with Crippen LogP contribution < -0.4 is 0 Å². The summed E-state index contributed by atoms with van der Waals surface area (Å²) >= 11 is 0. The molecule has 0 saturated heterocycles. The standard InChI is InChI=1S/C14H28O6/c1-3-4-5-14(15)20-13-12-19-11-10-18-9-8-17-7-6-16-2/h3-13H2,1-2H3. The third-order valence-electron chi connectivity index (χ3n) is 2.40. The van der Waals surface area contributed by atoms with Crippen molar-refractivity contribution in [2.45, 2.75) is 26.2 Å². The van der Waals surface area contributed by atoms with E-state index in [1.807, 2.05) is 6.92 Å². The molecule has 0 aromatic rings. The molecule has 0 bridgehead atoms. The van der Waals surface area contributed by atoms with Crippen LogP contribution in [0.15, 0.2) is 0 Å². The molecular formula is C14H28O6. The second-order valence-electron chi connectivity index (χ2n) is 4.15. The maximum atomic E-state index is 11.2. The second-order valence-corrected chi connectivity index (χ2v) is 4.15. The minimum Gasteiger partial charge on any atom is -0.463 e. The molecule has 6 nitrogen and oxygen atoms in total. The van der Waals surface area contributed by atoms with Gasteiger partial charge in [0.2, 0.25) is 0 Å². The summed E-state index contributed by atoms with van der Waals surface area (Å²) in [6, 6.07) is 0. The molecule has 120 valence electrons. The van der Waals surface area contributed by atoms with E-state index in [0.29, 0.717) is 59.3 Å². The summed E-state index contributed by atoms with van der Waals surface area (Å²) in [6.45, 7) is 6.03. The Morgan fingerprint density at radius 2 is 1.30 bits per heavy atom. The third-order valence-corrected chi connectivity index (χ3v) is 2.40. The number of rotatable bonds is 15. The molecule has 0 aromatic heterocycles. The molecule has 0 fully saturated rings. The number of carbonyl (C=O) groups is 1. The van der Waals surface area contributed by atoms with Crippen LogP contribution in [0.1, 0.15) is 26.2 Å². The lowest BCUT2D eigenvalue weighted by Gasteiger charge is -2.07. The lowest BCUT2D eigenvalue weighted by molar-refractivity contribution is -0.145. The Labute approximate surface area is 121 Å². The first-order valence-electron chi connectivity index (χ1n) is 7.19. The Hall–Kier alpha value is -0.690. The molecule has 20 heavy (non-hydrogen) atoms. The van der Waals surface area contributed by atoms with Gasteiger partial charge in [-0.3, -0.25) is 4.79 Å². The molecule has 0 N–H and O–H groups in total. The van der Waals surface area contributed by atoms with Crippen LogP contribution in [0, 0.1) is 0 Å². The van der Waals surface area contributed by atoms with E-state index in [0.717, 1.165) is 12.8 Å². The number of hydrogen-bond donors (Lipinski definition) is 0. The zero-order chi connectivity index (χ0) is 14.9. The van der Waals surface area contributed by atoms with E-state index in [4.69, 9.17) is 23.7 Å². The van der Waals surface area contributed by atoms with Gasteiger partial charge >= 0.3 is 5.97 Å². The van der Waals surface area contributed by atoms with Crippen molar-refractivity contribution in [2.24, 2.45) is 0 Å². The van der Waals surface area contributed by atoms with Gasteiger partial charge in [0.1, 0.15) is 6.61 Å². The van der Waals surface area contributed by atoms with Crippen molar-refractivity contribution in [3.63, 3.8) is 0 Å². The van der Waals surface area contributed by atoms with E-state index in [-0.39, 0.29) is 5.97 Å². The van der Waals surface area contributed by atoms with Crippen LogP contribution in [-0.2, 0) is 28.5 Å². The number of esters is 1. The maximum Gasteiger partial charge on any atom is 0.305 e. The van der Waals surface area contributed by atoms with Crippen LogP contribution in [0.3, 0.4) is 0 Å². The summed E-state index contributed by atoms with van der Waals surface area (Å²) in [4.78, 5) is 11.2. The quantitative estimate of drug-likeness (QED) is 0.336. The first kappa shape index (κ1) is 19.3. The first-order valence-corrected chi connectivity index (χ1v) is 7.19. The maximum absolute atomic E-state index is 11.2. The lowest BCUT2D eigenvalue weighted by Crippen LogP contribution is -2.14. The summed E-state index contributed by atoms with van der Waals surface area (Å²) < 4.78 is 25.6. The van der Waals surface area contributed by atoms with Crippen molar-refractivity contribution in [1.82, 2.24) is 0 Å². The van der Waals surface area contributed by atoms with E-state index in [9.17, 15) is 4.79 Å². The number of ether oxygens (including phenoxy) is 5. The van der Waals surface area contributed by atoms with Crippen LogP contribution in [0.4, 0.5) is 0 Å². The number of carbonyl (C=O) groups excluding carboxylic acids is 1. The Morgan fingerprint density at radius 3 is 1.80 bits per heavy atom. The van der Waals surface area contributed by atoms with Gasteiger partial charge in [-0.05, 0) is 6.42 Å². The van der Waals surface area contributed by atoms with E-state index >= 15 is 0 Å². The molecule has 0 amide bonds. The van der Waals surface area contributed by atoms with Gasteiger partial charge in [-0.15, -0.1) is 0 Å². The van der Waals surface area contributed by atoms with Gasteiger partial charge in [0, 0.05) is 13.5 Å². The van der Waals surface area contributed by atoms with Crippen LogP contribution >= 0.6 is 0 Å². The van der Waals surface area contributed by atoms with Crippen molar-refractivity contribution < 1.29 is 28.5 Å². The molecule has 0 aliphatic rings. The highest BCUT2D eigenvalue weighted by atomic mass is 16.6. The number of methoxy groups -OCH3 is 1. The topological polar surface area (TPSA) is 63.2 Å². The molecule has 0 aromatic carbocycles. The Balaban J connectivity index is 3.04. The molecule has 0 rings (SSSR count). The van der Waals surface area contributed by atoms with Crippen molar-refractivity contribution in [3.8, 4) is 0 Å². The van der Waals surface area contributed by atoms with Crippen molar-refractivity contribution >= 4 is 5.97 Å². The highest BCUT2D eigenvalue weighted by molar-refractivity contribution is 5.69. The van der Waals surface area contributed by atoms with Crippen molar-refractivity contribution in [1.29, 1.82) is 0 Å².